The first-order valence-electron chi connectivity index (χ1n) is 10.5. The Hall–Kier alpha value is -3.88. The lowest BCUT2D eigenvalue weighted by Crippen LogP contribution is -2.20. The van der Waals surface area contributed by atoms with Crippen molar-refractivity contribution in [1.29, 1.82) is 0 Å². The molecule has 0 unspecified atom stereocenters. The SMILES string of the molecule is O=C(CSc1nnc(-c2ccc(Cl)cc2)n1-c1ccccc1)N/N=C\c1c[nH]c2ccccc12. The highest BCUT2D eigenvalue weighted by molar-refractivity contribution is 7.99. The number of nitrogens with one attached hydrogen (secondary N) is 2. The van der Waals surface area contributed by atoms with E-state index in [0.29, 0.717) is 16.0 Å². The second-order valence-electron chi connectivity index (χ2n) is 7.36. The van der Waals surface area contributed by atoms with E-state index in [1.807, 2.05) is 89.6 Å². The van der Waals surface area contributed by atoms with Gasteiger partial charge < -0.3 is 4.98 Å². The van der Waals surface area contributed by atoms with Crippen LogP contribution in [0.5, 0.6) is 0 Å². The van der Waals surface area contributed by atoms with Crippen molar-refractivity contribution in [3.63, 3.8) is 0 Å². The topological polar surface area (TPSA) is 88.0 Å². The highest BCUT2D eigenvalue weighted by Gasteiger charge is 2.17. The Bertz CT molecular complexity index is 1460. The Morgan fingerprint density at radius 2 is 1.79 bits per heavy atom. The fourth-order valence-corrected chi connectivity index (χ4v) is 4.37. The maximum absolute atomic E-state index is 12.4. The number of H-pyrrole nitrogens is 1. The minimum atomic E-state index is -0.239. The number of amides is 1. The second-order valence-corrected chi connectivity index (χ2v) is 8.73. The van der Waals surface area contributed by atoms with Gasteiger partial charge in [0, 0.05) is 38.9 Å². The van der Waals surface area contributed by atoms with Gasteiger partial charge in [-0.25, -0.2) is 5.43 Å². The third-order valence-corrected chi connectivity index (χ3v) is 6.28. The molecule has 0 aliphatic rings. The first-order chi connectivity index (χ1) is 16.7. The van der Waals surface area contributed by atoms with Crippen molar-refractivity contribution in [2.45, 2.75) is 5.16 Å². The summed E-state index contributed by atoms with van der Waals surface area (Å²) in [5.74, 6) is 0.566. The van der Waals surface area contributed by atoms with Crippen molar-refractivity contribution < 1.29 is 4.79 Å². The molecule has 2 heterocycles. The van der Waals surface area contributed by atoms with Gasteiger partial charge in [-0.05, 0) is 42.5 Å². The van der Waals surface area contributed by atoms with Crippen LogP contribution in [0.3, 0.4) is 0 Å². The molecule has 5 rings (SSSR count). The number of rotatable bonds is 7. The van der Waals surface area contributed by atoms with Crippen LogP contribution in [0.4, 0.5) is 0 Å². The molecule has 5 aromatic rings. The number of fused-ring (bicyclic) bond motifs is 1. The van der Waals surface area contributed by atoms with Gasteiger partial charge in [-0.1, -0.05) is 59.8 Å². The molecule has 3 aromatic carbocycles. The Kier molecular flexibility index (Phi) is 6.42. The summed E-state index contributed by atoms with van der Waals surface area (Å²) in [6.45, 7) is 0. The number of benzene rings is 3. The summed E-state index contributed by atoms with van der Waals surface area (Å²) >= 11 is 7.33. The first-order valence-corrected chi connectivity index (χ1v) is 11.8. The molecule has 7 nitrogen and oxygen atoms in total. The minimum absolute atomic E-state index is 0.136. The smallest absolute Gasteiger partial charge is 0.250 e. The molecule has 2 aromatic heterocycles. The van der Waals surface area contributed by atoms with Gasteiger partial charge in [0.25, 0.3) is 5.91 Å². The van der Waals surface area contributed by atoms with Crippen LogP contribution in [0, 0.1) is 0 Å². The Labute approximate surface area is 204 Å². The van der Waals surface area contributed by atoms with Gasteiger partial charge >= 0.3 is 0 Å². The Balaban J connectivity index is 1.31. The number of nitrogens with zero attached hydrogens (tertiary/aromatic N) is 4. The molecule has 1 amide bonds. The van der Waals surface area contributed by atoms with E-state index < -0.39 is 0 Å². The predicted molar refractivity (Wildman–Crippen MR) is 137 cm³/mol. The van der Waals surface area contributed by atoms with Crippen LogP contribution in [0.1, 0.15) is 5.56 Å². The molecule has 0 atom stereocenters. The average Bonchev–Trinajstić information content (AvgIpc) is 3.48. The number of hydrazone groups is 1. The molecule has 0 spiro atoms. The second kappa shape index (κ2) is 9.94. The maximum Gasteiger partial charge on any atom is 0.250 e. The zero-order valence-corrected chi connectivity index (χ0v) is 19.4. The van der Waals surface area contributed by atoms with Gasteiger partial charge in [0.1, 0.15) is 0 Å². The minimum Gasteiger partial charge on any atom is -0.361 e. The number of halogens is 1. The van der Waals surface area contributed by atoms with Crippen LogP contribution in [-0.4, -0.2) is 37.6 Å². The van der Waals surface area contributed by atoms with Crippen molar-refractivity contribution in [3.8, 4) is 17.1 Å². The van der Waals surface area contributed by atoms with E-state index in [4.69, 9.17) is 11.6 Å². The third kappa shape index (κ3) is 4.73. The lowest BCUT2D eigenvalue weighted by molar-refractivity contribution is -0.118. The van der Waals surface area contributed by atoms with Crippen molar-refractivity contribution >= 4 is 46.4 Å². The van der Waals surface area contributed by atoms with Crippen LogP contribution in [0.25, 0.3) is 28.0 Å². The van der Waals surface area contributed by atoms with Crippen LogP contribution < -0.4 is 5.43 Å². The zero-order chi connectivity index (χ0) is 23.3. The highest BCUT2D eigenvalue weighted by Crippen LogP contribution is 2.28. The van der Waals surface area contributed by atoms with Gasteiger partial charge in [0.2, 0.25) is 0 Å². The number of aromatic nitrogens is 4. The van der Waals surface area contributed by atoms with E-state index in [1.54, 1.807) is 6.21 Å². The van der Waals surface area contributed by atoms with Crippen LogP contribution in [0.2, 0.25) is 5.02 Å². The average molecular weight is 487 g/mol. The number of para-hydroxylation sites is 2. The molecule has 0 saturated carbocycles. The van der Waals surface area contributed by atoms with Crippen LogP contribution in [-0.2, 0) is 4.79 Å². The standard InChI is InChI=1S/C25H19ClN6OS/c26-19-12-10-17(11-13-19)24-30-31-25(32(24)20-6-2-1-3-7-20)34-16-23(33)29-28-15-18-14-27-22-9-5-4-8-21(18)22/h1-15,27H,16H2,(H,29,33)/b28-15-. The van der Waals surface area contributed by atoms with Crippen molar-refractivity contribution in [2.75, 3.05) is 5.75 Å². The van der Waals surface area contributed by atoms with Gasteiger partial charge in [-0.15, -0.1) is 10.2 Å². The molecular formula is C25H19ClN6OS. The Morgan fingerprint density at radius 3 is 2.62 bits per heavy atom. The lowest BCUT2D eigenvalue weighted by atomic mass is 10.2. The van der Waals surface area contributed by atoms with E-state index in [2.05, 4.69) is 25.7 Å². The van der Waals surface area contributed by atoms with E-state index in [-0.39, 0.29) is 11.7 Å². The molecule has 9 heteroatoms. The van der Waals surface area contributed by atoms with E-state index in [1.165, 1.54) is 11.8 Å². The zero-order valence-electron chi connectivity index (χ0n) is 17.9. The van der Waals surface area contributed by atoms with Crippen molar-refractivity contribution in [2.24, 2.45) is 5.10 Å². The number of aromatic amines is 1. The molecular weight excluding hydrogens is 468 g/mol. The summed E-state index contributed by atoms with van der Waals surface area (Å²) in [6, 6.07) is 25.1. The number of hydrogen-bond acceptors (Lipinski definition) is 5. The van der Waals surface area contributed by atoms with E-state index >= 15 is 0 Å². The van der Waals surface area contributed by atoms with Crippen molar-refractivity contribution in [3.05, 3.63) is 95.6 Å². The summed E-state index contributed by atoms with van der Waals surface area (Å²) in [4.78, 5) is 15.6. The summed E-state index contributed by atoms with van der Waals surface area (Å²) < 4.78 is 1.93. The van der Waals surface area contributed by atoms with Crippen molar-refractivity contribution in [1.82, 2.24) is 25.2 Å². The molecule has 34 heavy (non-hydrogen) atoms. The molecule has 0 radical (unpaired) electrons. The maximum atomic E-state index is 12.4. The number of carbonyl (C=O) groups is 1. The molecule has 0 bridgehead atoms. The fourth-order valence-electron chi connectivity index (χ4n) is 3.50. The monoisotopic (exact) mass is 486 g/mol. The molecule has 0 aliphatic heterocycles. The van der Waals surface area contributed by atoms with Gasteiger partial charge in [-0.2, -0.15) is 5.10 Å². The summed E-state index contributed by atoms with van der Waals surface area (Å²) in [7, 11) is 0. The normalized spacial score (nSPS) is 11.3. The first kappa shape index (κ1) is 21.9. The summed E-state index contributed by atoms with van der Waals surface area (Å²) in [5, 5.41) is 15.1. The van der Waals surface area contributed by atoms with Crippen LogP contribution >= 0.6 is 23.4 Å². The molecule has 0 fully saturated rings. The number of hydrogen-bond donors (Lipinski definition) is 2. The van der Waals surface area contributed by atoms with Gasteiger partial charge in [-0.3, -0.25) is 9.36 Å². The predicted octanol–water partition coefficient (Wildman–Crippen LogP) is 5.31. The Morgan fingerprint density at radius 1 is 1.03 bits per heavy atom. The third-order valence-electron chi connectivity index (χ3n) is 5.10. The molecule has 2 N–H and O–H groups in total. The van der Waals surface area contributed by atoms with E-state index in [9.17, 15) is 4.79 Å². The highest BCUT2D eigenvalue weighted by atomic mass is 35.5. The van der Waals surface area contributed by atoms with Crippen LogP contribution in [0.15, 0.2) is 95.3 Å². The van der Waals surface area contributed by atoms with E-state index in [0.717, 1.165) is 27.7 Å². The van der Waals surface area contributed by atoms with Gasteiger partial charge in [0.15, 0.2) is 11.0 Å². The largest absolute Gasteiger partial charge is 0.361 e. The summed E-state index contributed by atoms with van der Waals surface area (Å²) in [6.07, 6.45) is 3.49. The summed E-state index contributed by atoms with van der Waals surface area (Å²) in [5.41, 5.74) is 6.28. The number of carbonyl (C=O) groups excluding carboxylic acids is 1. The fraction of sp³-hybridized carbons (Fsp3) is 0.0400. The lowest BCUT2D eigenvalue weighted by Gasteiger charge is -2.10. The molecule has 0 saturated heterocycles. The molecule has 0 aliphatic carbocycles. The van der Waals surface area contributed by atoms with Gasteiger partial charge in [0.05, 0.1) is 12.0 Å². The number of thioether (sulfide) groups is 1. The quantitative estimate of drug-likeness (QED) is 0.185. The molecule has 168 valence electrons.